The Morgan fingerprint density at radius 3 is 2.18 bits per heavy atom. The first-order valence-electron chi connectivity index (χ1n) is 9.15. The second-order valence-corrected chi connectivity index (χ2v) is 17.6. The van der Waals surface area contributed by atoms with Gasteiger partial charge in [-0.05, 0) is 0 Å². The summed E-state index contributed by atoms with van der Waals surface area (Å²) >= 11 is -1.71. The zero-order chi connectivity index (χ0) is 20.5. The summed E-state index contributed by atoms with van der Waals surface area (Å²) in [5, 5.41) is 19.0. The standard InChI is InChI=1S/C10H8O.C9H7.C2H6Si.2CH3O.Ti/c11-10-6-5-8-3-1-2-4-9(8)7-10;1-2-5-9-7-3-6-8(9)4-1;1-3-2;2*1-2;/h1-7,11H;1-7H;1-2H3;2*1H3;/q;;;2*-1;+3/p-1. The van der Waals surface area contributed by atoms with Gasteiger partial charge in [0.25, 0.3) is 0 Å². The molecule has 0 amide bonds. The van der Waals surface area contributed by atoms with E-state index in [1.54, 1.807) is 0 Å². The molecule has 0 fully saturated rings. The molecule has 3 aromatic carbocycles. The third-order valence-electron chi connectivity index (χ3n) is 4.52. The van der Waals surface area contributed by atoms with Crippen molar-refractivity contribution in [2.75, 3.05) is 14.2 Å². The minimum absolute atomic E-state index is 0.455. The quantitative estimate of drug-likeness (QED) is 0.600. The van der Waals surface area contributed by atoms with E-state index in [4.69, 9.17) is 13.5 Å². The second kappa shape index (κ2) is 11.3. The Kier molecular flexibility index (Phi) is 9.16. The van der Waals surface area contributed by atoms with Gasteiger partial charge in [-0.2, -0.15) is 14.2 Å². The molecule has 28 heavy (non-hydrogen) atoms. The van der Waals surface area contributed by atoms with Gasteiger partial charge in [0.1, 0.15) is 0 Å². The van der Waals surface area contributed by atoms with Crippen molar-refractivity contribution < 1.29 is 30.5 Å². The maximum atomic E-state index is 8.25. The predicted octanol–water partition coefficient (Wildman–Crippen LogP) is 3.72. The van der Waals surface area contributed by atoms with Gasteiger partial charge in [-0.1, -0.05) is 0 Å². The molecule has 1 aliphatic carbocycles. The molecule has 0 bridgehead atoms. The molecule has 0 N–H and O–H groups in total. The summed E-state index contributed by atoms with van der Waals surface area (Å²) in [6.45, 7) is 4.83. The van der Waals surface area contributed by atoms with Crippen LogP contribution in [-0.4, -0.2) is 20.4 Å². The molecule has 3 nitrogen and oxygen atoms in total. The molecule has 0 heterocycles. The van der Waals surface area contributed by atoms with Crippen LogP contribution in [-0.2, 0) is 17.0 Å². The Bertz CT molecular complexity index is 978. The zero-order valence-corrected chi connectivity index (χ0v) is 19.4. The molecule has 144 valence electrons. The molecule has 4 rings (SSSR count). The third kappa shape index (κ3) is 5.22. The van der Waals surface area contributed by atoms with Crippen LogP contribution in [0.5, 0.6) is 5.75 Å². The molecule has 1 atom stereocenters. The van der Waals surface area contributed by atoms with Gasteiger partial charge in [-0.3, -0.25) is 0 Å². The van der Waals surface area contributed by atoms with Crippen LogP contribution >= 0.6 is 0 Å². The molecular formula is C23H26O3SiTi. The fourth-order valence-electron chi connectivity index (χ4n) is 3.31. The number of rotatable bonds is 3. The Balaban J connectivity index is 0.000000660. The van der Waals surface area contributed by atoms with Crippen molar-refractivity contribution in [2.24, 2.45) is 0 Å². The maximum absolute atomic E-state index is 8.25. The van der Waals surface area contributed by atoms with E-state index in [0.29, 0.717) is 4.22 Å². The molecule has 0 spiro atoms. The van der Waals surface area contributed by atoms with Gasteiger partial charge in [0, 0.05) is 0 Å². The average Bonchev–Trinajstić information content (AvgIpc) is 3.18. The Morgan fingerprint density at radius 2 is 1.46 bits per heavy atom. The Morgan fingerprint density at radius 1 is 0.821 bits per heavy atom. The van der Waals surface area contributed by atoms with E-state index in [9.17, 15) is 0 Å². The summed E-state index contributed by atoms with van der Waals surface area (Å²) in [6, 6.07) is 23.8. The number of hydrogen-bond donors (Lipinski definition) is 0. The van der Waals surface area contributed by atoms with Crippen molar-refractivity contribution in [1.82, 2.24) is 0 Å². The van der Waals surface area contributed by atoms with Crippen LogP contribution in [0.3, 0.4) is 0 Å². The number of hydrogen-bond acceptors (Lipinski definition) is 3. The number of fused-ring (bicyclic) bond motifs is 2. The first-order valence-corrected chi connectivity index (χ1v) is 15.5. The minimum atomic E-state index is -1.71. The predicted molar refractivity (Wildman–Crippen MR) is 112 cm³/mol. The number of benzene rings is 3. The van der Waals surface area contributed by atoms with Gasteiger partial charge >= 0.3 is 150 Å². The fourth-order valence-corrected chi connectivity index (χ4v) is 11.6. The molecular weight excluding hydrogens is 400 g/mol. The topological polar surface area (TPSA) is 55.3 Å². The van der Waals surface area contributed by atoms with Crippen LogP contribution < -0.4 is 13.5 Å². The summed E-state index contributed by atoms with van der Waals surface area (Å²) in [5.74, 6) is 1.05. The molecule has 0 aromatic heterocycles. The number of allylic oxidation sites excluding steroid dienone is 1. The van der Waals surface area contributed by atoms with Crippen molar-refractivity contribution in [2.45, 2.75) is 17.3 Å². The van der Waals surface area contributed by atoms with Crippen molar-refractivity contribution >= 4 is 23.0 Å². The third-order valence-corrected chi connectivity index (χ3v) is 14.2. The monoisotopic (exact) mass is 426 g/mol. The summed E-state index contributed by atoms with van der Waals surface area (Å²) in [4.78, 5) is 0. The van der Waals surface area contributed by atoms with Crippen molar-refractivity contribution in [1.29, 1.82) is 0 Å². The fraction of sp³-hybridized carbons (Fsp3) is 0.217. The van der Waals surface area contributed by atoms with Gasteiger partial charge in [0.05, 0.1) is 0 Å². The Labute approximate surface area is 174 Å². The van der Waals surface area contributed by atoms with Crippen LogP contribution in [0.1, 0.15) is 15.3 Å². The molecule has 1 aliphatic rings. The van der Waals surface area contributed by atoms with Gasteiger partial charge in [-0.25, -0.2) is 0 Å². The van der Waals surface area contributed by atoms with E-state index in [1.807, 2.05) is 0 Å². The van der Waals surface area contributed by atoms with Crippen molar-refractivity contribution in [3.05, 3.63) is 83.9 Å². The van der Waals surface area contributed by atoms with Gasteiger partial charge < -0.3 is 10.2 Å². The molecule has 0 aliphatic heterocycles. The second-order valence-electron chi connectivity index (χ2n) is 6.44. The molecule has 1 unspecified atom stereocenters. The van der Waals surface area contributed by atoms with Gasteiger partial charge in [-0.15, -0.1) is 0 Å². The summed E-state index contributed by atoms with van der Waals surface area (Å²) in [7, 11) is 1.50. The van der Waals surface area contributed by atoms with Crippen LogP contribution in [0.15, 0.2) is 72.8 Å². The summed E-state index contributed by atoms with van der Waals surface area (Å²) < 4.78 is 7.21. The average molecular weight is 426 g/mol. The van der Waals surface area contributed by atoms with Gasteiger partial charge in [0.2, 0.25) is 0 Å². The van der Waals surface area contributed by atoms with Crippen molar-refractivity contribution in [3.8, 4) is 5.75 Å². The molecule has 0 saturated heterocycles. The Hall–Kier alpha value is -1.69. The SMILES string of the molecule is C[O-].C[O-].C[Si](C)=[Ti+2]([O]c1ccc2ccccc2c1)[CH]1C=Cc2ccccc21. The molecule has 0 radical (unpaired) electrons. The van der Waals surface area contributed by atoms with Crippen LogP contribution in [0.2, 0.25) is 13.1 Å². The molecule has 0 saturated carbocycles. The first kappa shape index (κ1) is 22.6. The van der Waals surface area contributed by atoms with E-state index in [1.165, 1.54) is 21.9 Å². The summed E-state index contributed by atoms with van der Waals surface area (Å²) in [6.07, 6.45) is 4.21. The first-order chi connectivity index (χ1) is 13.7. The van der Waals surface area contributed by atoms with E-state index >= 15 is 0 Å². The summed E-state index contributed by atoms with van der Waals surface area (Å²) in [5.41, 5.74) is 2.84. The van der Waals surface area contributed by atoms with Crippen LogP contribution in [0.25, 0.3) is 16.8 Å². The van der Waals surface area contributed by atoms with E-state index < -0.39 is 23.2 Å². The van der Waals surface area contributed by atoms with Crippen LogP contribution in [0, 0.1) is 0 Å². The van der Waals surface area contributed by atoms with Crippen molar-refractivity contribution in [3.63, 3.8) is 0 Å². The zero-order valence-electron chi connectivity index (χ0n) is 16.8. The van der Waals surface area contributed by atoms with Crippen LogP contribution in [0.4, 0.5) is 0 Å². The molecule has 5 heteroatoms. The van der Waals surface area contributed by atoms with E-state index in [-0.39, 0.29) is 0 Å². The van der Waals surface area contributed by atoms with E-state index in [2.05, 4.69) is 92.0 Å². The normalized spacial score (nSPS) is 13.2. The molecule has 3 aromatic rings. The van der Waals surface area contributed by atoms with Gasteiger partial charge in [0.15, 0.2) is 0 Å². The van der Waals surface area contributed by atoms with E-state index in [0.717, 1.165) is 20.0 Å².